The third kappa shape index (κ3) is 4.03. The molecule has 0 unspecified atom stereocenters. The van der Waals surface area contributed by atoms with E-state index in [4.69, 9.17) is 9.26 Å². The summed E-state index contributed by atoms with van der Waals surface area (Å²) in [7, 11) is 0. The van der Waals surface area contributed by atoms with Gasteiger partial charge in [-0.25, -0.2) is 0 Å². The van der Waals surface area contributed by atoms with Crippen LogP contribution in [0.25, 0.3) is 22.8 Å². The molecule has 5 rings (SSSR count). The van der Waals surface area contributed by atoms with Crippen molar-refractivity contribution in [1.82, 2.24) is 15.0 Å². The Morgan fingerprint density at radius 1 is 1.22 bits per heavy atom. The molecule has 0 spiro atoms. The predicted molar refractivity (Wildman–Crippen MR) is 133 cm³/mol. The van der Waals surface area contributed by atoms with Crippen molar-refractivity contribution in [3.8, 4) is 34.7 Å². The van der Waals surface area contributed by atoms with Gasteiger partial charge in [0.15, 0.2) is 0 Å². The van der Waals surface area contributed by atoms with Crippen LogP contribution in [0.5, 0.6) is 5.75 Å². The Morgan fingerprint density at radius 3 is 2.72 bits per heavy atom. The van der Waals surface area contributed by atoms with Crippen molar-refractivity contribution < 1.29 is 19.2 Å². The van der Waals surface area contributed by atoms with Gasteiger partial charge >= 0.3 is 0 Å². The molecule has 2 aliphatic rings. The number of hydrogen-bond acceptors (Lipinski definition) is 7. The topological polar surface area (TPSA) is 112 Å². The van der Waals surface area contributed by atoms with Crippen LogP contribution in [-0.2, 0) is 11.2 Å². The number of fused-ring (bicyclic) bond motifs is 3. The summed E-state index contributed by atoms with van der Waals surface area (Å²) in [5.74, 6) is 1.74. The molecule has 2 heterocycles. The van der Waals surface area contributed by atoms with Crippen molar-refractivity contribution >= 4 is 5.91 Å². The zero-order valence-electron chi connectivity index (χ0n) is 20.9. The lowest BCUT2D eigenvalue weighted by molar-refractivity contribution is -0.133. The first kappa shape index (κ1) is 24.0. The van der Waals surface area contributed by atoms with E-state index in [1.54, 1.807) is 18.2 Å². The summed E-state index contributed by atoms with van der Waals surface area (Å²) in [5, 5.41) is 23.8. The summed E-state index contributed by atoms with van der Waals surface area (Å²) in [4.78, 5) is 19.4. The van der Waals surface area contributed by atoms with E-state index >= 15 is 0 Å². The number of aliphatic hydroxyl groups is 1. The van der Waals surface area contributed by atoms with Gasteiger partial charge in [0.05, 0.1) is 30.4 Å². The van der Waals surface area contributed by atoms with Crippen LogP contribution >= 0.6 is 0 Å². The second kappa shape index (κ2) is 9.40. The first-order chi connectivity index (χ1) is 17.3. The van der Waals surface area contributed by atoms with Gasteiger partial charge in [-0.3, -0.25) is 4.79 Å². The Hall–Kier alpha value is -3.70. The monoisotopic (exact) mass is 486 g/mol. The number of ether oxygens (including phenoxy) is 1. The molecule has 0 bridgehead atoms. The van der Waals surface area contributed by atoms with Gasteiger partial charge < -0.3 is 19.3 Å². The fraction of sp³-hybridized carbons (Fsp3) is 0.429. The van der Waals surface area contributed by atoms with Crippen molar-refractivity contribution in [2.24, 2.45) is 11.8 Å². The number of amides is 1. The number of benzene rings is 2. The number of hydrogen-bond donors (Lipinski definition) is 1. The van der Waals surface area contributed by atoms with E-state index in [2.05, 4.69) is 22.3 Å². The summed E-state index contributed by atoms with van der Waals surface area (Å²) >= 11 is 0. The van der Waals surface area contributed by atoms with Crippen molar-refractivity contribution in [3.05, 3.63) is 53.1 Å². The third-order valence-electron chi connectivity index (χ3n) is 7.16. The Morgan fingerprint density at radius 2 is 2.03 bits per heavy atom. The van der Waals surface area contributed by atoms with Crippen LogP contribution in [0, 0.1) is 23.2 Å². The van der Waals surface area contributed by atoms with Crippen LogP contribution in [0.4, 0.5) is 0 Å². The van der Waals surface area contributed by atoms with E-state index < -0.39 is 0 Å². The van der Waals surface area contributed by atoms with Gasteiger partial charge in [-0.05, 0) is 61.4 Å². The minimum Gasteiger partial charge on any atom is -0.490 e. The molecule has 8 nitrogen and oxygen atoms in total. The van der Waals surface area contributed by atoms with Crippen molar-refractivity contribution in [1.29, 1.82) is 5.26 Å². The van der Waals surface area contributed by atoms with Crippen molar-refractivity contribution in [3.63, 3.8) is 0 Å². The van der Waals surface area contributed by atoms with Gasteiger partial charge in [0.1, 0.15) is 11.8 Å². The second-order valence-corrected chi connectivity index (χ2v) is 10.2. The van der Waals surface area contributed by atoms with E-state index in [1.807, 2.05) is 44.7 Å². The number of aliphatic hydroxyl groups excluding tert-OH is 1. The van der Waals surface area contributed by atoms with E-state index in [0.717, 1.165) is 23.1 Å². The van der Waals surface area contributed by atoms with Crippen LogP contribution in [-0.4, -0.2) is 44.8 Å². The fourth-order valence-corrected chi connectivity index (χ4v) is 5.56. The molecule has 2 aromatic carbocycles. The number of aromatic nitrogens is 2. The minimum atomic E-state index is -0.212. The van der Waals surface area contributed by atoms with Crippen LogP contribution in [0.3, 0.4) is 0 Å². The standard InChI is InChI=1S/C28H30N4O4/c1-15(2)23(14-33)32-25(34)12-18-11-22-20(26(18)32)6-5-7-21(22)27-30-28(36-31-27)17-8-9-24(35-16(3)4)19(10-17)13-29/h5-10,15-16,18,23,26,33H,11-12,14H2,1-4H3/t18-,23+,26+/m1/s1. The molecule has 3 atom stereocenters. The van der Waals surface area contributed by atoms with Gasteiger partial charge in [0.2, 0.25) is 11.7 Å². The normalized spacial score (nSPS) is 19.5. The van der Waals surface area contributed by atoms with Gasteiger partial charge in [0.25, 0.3) is 5.89 Å². The molecule has 1 aliphatic carbocycles. The zero-order chi connectivity index (χ0) is 25.6. The predicted octanol–water partition coefficient (Wildman–Crippen LogP) is 4.53. The average Bonchev–Trinajstić information content (AvgIpc) is 3.54. The summed E-state index contributed by atoms with van der Waals surface area (Å²) in [6.45, 7) is 7.84. The molecule has 1 aromatic heterocycles. The number of rotatable bonds is 7. The van der Waals surface area contributed by atoms with Crippen LogP contribution in [0.1, 0.15) is 56.8 Å². The number of likely N-dealkylation sites (tertiary alicyclic amines) is 1. The summed E-state index contributed by atoms with van der Waals surface area (Å²) in [6.07, 6.45) is 1.18. The van der Waals surface area contributed by atoms with Crippen LogP contribution < -0.4 is 4.74 Å². The van der Waals surface area contributed by atoms with E-state index in [9.17, 15) is 15.2 Å². The maximum Gasteiger partial charge on any atom is 0.258 e. The molecule has 1 amide bonds. The first-order valence-corrected chi connectivity index (χ1v) is 12.4. The number of carbonyl (C=O) groups is 1. The Balaban J connectivity index is 1.48. The molecule has 3 aromatic rings. The molecule has 36 heavy (non-hydrogen) atoms. The average molecular weight is 487 g/mol. The first-order valence-electron chi connectivity index (χ1n) is 12.4. The lowest BCUT2D eigenvalue weighted by Crippen LogP contribution is -2.43. The summed E-state index contributed by atoms with van der Waals surface area (Å²) in [6, 6.07) is 13.2. The van der Waals surface area contributed by atoms with Crippen LogP contribution in [0.15, 0.2) is 40.9 Å². The highest BCUT2D eigenvalue weighted by atomic mass is 16.5. The Kier molecular flexibility index (Phi) is 6.27. The lowest BCUT2D eigenvalue weighted by atomic mass is 9.97. The Bertz CT molecular complexity index is 1340. The maximum absolute atomic E-state index is 12.9. The summed E-state index contributed by atoms with van der Waals surface area (Å²) in [5.41, 5.74) is 4.15. The number of nitrogens with zero attached hydrogens (tertiary/aromatic N) is 4. The van der Waals surface area contributed by atoms with E-state index in [1.165, 1.54) is 0 Å². The zero-order valence-corrected chi connectivity index (χ0v) is 20.9. The molecule has 0 radical (unpaired) electrons. The molecule has 1 N–H and O–H groups in total. The highest BCUT2D eigenvalue weighted by Gasteiger charge is 2.49. The van der Waals surface area contributed by atoms with E-state index in [0.29, 0.717) is 35.0 Å². The lowest BCUT2D eigenvalue weighted by Gasteiger charge is -2.35. The number of nitriles is 1. The number of carbonyl (C=O) groups excluding carboxylic acids is 1. The van der Waals surface area contributed by atoms with Crippen molar-refractivity contribution in [2.75, 3.05) is 6.61 Å². The molecule has 186 valence electrons. The smallest absolute Gasteiger partial charge is 0.258 e. The minimum absolute atomic E-state index is 0.0444. The molecule has 1 aliphatic heterocycles. The third-order valence-corrected chi connectivity index (χ3v) is 7.16. The molecule has 1 fully saturated rings. The van der Waals surface area contributed by atoms with Gasteiger partial charge in [-0.15, -0.1) is 0 Å². The highest BCUT2D eigenvalue weighted by Crippen LogP contribution is 2.50. The molecular weight excluding hydrogens is 456 g/mol. The van der Waals surface area contributed by atoms with Gasteiger partial charge in [-0.1, -0.05) is 37.2 Å². The van der Waals surface area contributed by atoms with Crippen molar-refractivity contribution in [2.45, 2.75) is 58.7 Å². The highest BCUT2D eigenvalue weighted by molar-refractivity contribution is 5.82. The van der Waals surface area contributed by atoms with E-state index in [-0.39, 0.29) is 42.5 Å². The fourth-order valence-electron chi connectivity index (χ4n) is 5.56. The maximum atomic E-state index is 12.9. The molecular formula is C28H30N4O4. The molecule has 8 heteroatoms. The summed E-state index contributed by atoms with van der Waals surface area (Å²) < 4.78 is 11.3. The SMILES string of the molecule is CC(C)Oc1ccc(-c2nc(-c3cccc4c3C[C@@H]3CC(=O)N([C@@H](CO)C(C)C)[C@H]43)no2)cc1C#N. The second-order valence-electron chi connectivity index (χ2n) is 10.2. The van der Waals surface area contributed by atoms with Crippen LogP contribution in [0.2, 0.25) is 0 Å². The molecule has 0 saturated carbocycles. The van der Waals surface area contributed by atoms with Gasteiger partial charge in [0, 0.05) is 17.5 Å². The molecule has 1 saturated heterocycles. The van der Waals surface area contributed by atoms with Gasteiger partial charge in [-0.2, -0.15) is 10.2 Å². The largest absolute Gasteiger partial charge is 0.490 e. The quantitative estimate of drug-likeness (QED) is 0.522. The Labute approximate surface area is 210 Å².